The molecule has 2 N–H and O–H groups in total. The van der Waals surface area contributed by atoms with Crippen molar-refractivity contribution in [2.75, 3.05) is 32.0 Å². The van der Waals surface area contributed by atoms with Gasteiger partial charge in [0, 0.05) is 18.3 Å². The molecule has 0 bridgehead atoms. The van der Waals surface area contributed by atoms with Crippen molar-refractivity contribution in [3.8, 4) is 5.75 Å². The van der Waals surface area contributed by atoms with Gasteiger partial charge in [-0.05, 0) is 31.6 Å². The maximum atomic E-state index is 13.5. The lowest BCUT2D eigenvalue weighted by Crippen LogP contribution is -2.28. The van der Waals surface area contributed by atoms with E-state index in [1.807, 2.05) is 6.92 Å². The molecule has 1 rings (SSSR count). The third-order valence-corrected chi connectivity index (χ3v) is 2.88. The molecule has 1 aromatic carbocycles. The first-order valence-electron chi connectivity index (χ1n) is 5.99. The van der Waals surface area contributed by atoms with Gasteiger partial charge in [0.2, 0.25) is 0 Å². The van der Waals surface area contributed by atoms with Crippen LogP contribution in [0.1, 0.15) is 19.4 Å². The summed E-state index contributed by atoms with van der Waals surface area (Å²) in [5.41, 5.74) is 6.90. The van der Waals surface area contributed by atoms with Crippen LogP contribution in [0.15, 0.2) is 12.1 Å². The number of ether oxygens (including phenoxy) is 1. The van der Waals surface area contributed by atoms with E-state index in [-0.39, 0.29) is 5.75 Å². The number of benzene rings is 1. The van der Waals surface area contributed by atoms with E-state index in [1.54, 1.807) is 6.07 Å². The van der Waals surface area contributed by atoms with Gasteiger partial charge < -0.3 is 15.4 Å². The number of halogens is 1. The fraction of sp³-hybridized carbons (Fsp3) is 0.538. The second-order valence-corrected chi connectivity index (χ2v) is 4.01. The first-order valence-corrected chi connectivity index (χ1v) is 5.99. The van der Waals surface area contributed by atoms with E-state index in [0.29, 0.717) is 12.3 Å². The van der Waals surface area contributed by atoms with Crippen LogP contribution in [0.2, 0.25) is 0 Å². The quantitative estimate of drug-likeness (QED) is 0.776. The standard InChI is InChI=1S/C13H21FN2O/c1-4-16(5-2)6-7-17-13-8-10(3)12(15)9-11(13)14/h8-9H,4-7,15H2,1-3H3. The molecular weight excluding hydrogens is 219 g/mol. The van der Waals surface area contributed by atoms with Crippen molar-refractivity contribution < 1.29 is 9.13 Å². The van der Waals surface area contributed by atoms with E-state index in [1.165, 1.54) is 6.07 Å². The molecule has 0 aliphatic heterocycles. The highest BCUT2D eigenvalue weighted by molar-refractivity contribution is 5.50. The first kappa shape index (κ1) is 13.8. The molecule has 0 aromatic heterocycles. The van der Waals surface area contributed by atoms with Crippen LogP contribution in [0.4, 0.5) is 10.1 Å². The summed E-state index contributed by atoms with van der Waals surface area (Å²) in [4.78, 5) is 2.22. The Morgan fingerprint density at radius 2 is 1.94 bits per heavy atom. The minimum atomic E-state index is -0.396. The Hall–Kier alpha value is -1.29. The van der Waals surface area contributed by atoms with Crippen molar-refractivity contribution in [1.82, 2.24) is 4.90 Å². The third-order valence-electron chi connectivity index (χ3n) is 2.88. The highest BCUT2D eigenvalue weighted by atomic mass is 19.1. The lowest BCUT2D eigenvalue weighted by molar-refractivity contribution is 0.217. The number of nitrogens with two attached hydrogens (primary N) is 1. The summed E-state index contributed by atoms with van der Waals surface area (Å²) in [6.07, 6.45) is 0. The molecule has 0 atom stereocenters. The molecule has 0 unspecified atom stereocenters. The Kier molecular flexibility index (Phi) is 5.22. The molecule has 4 heteroatoms. The molecule has 0 fully saturated rings. The molecule has 0 aliphatic rings. The zero-order chi connectivity index (χ0) is 12.8. The van der Waals surface area contributed by atoms with E-state index in [2.05, 4.69) is 18.7 Å². The zero-order valence-corrected chi connectivity index (χ0v) is 10.8. The maximum absolute atomic E-state index is 13.5. The lowest BCUT2D eigenvalue weighted by Gasteiger charge is -2.18. The zero-order valence-electron chi connectivity index (χ0n) is 10.8. The van der Waals surface area contributed by atoms with Crippen LogP contribution >= 0.6 is 0 Å². The maximum Gasteiger partial charge on any atom is 0.167 e. The normalized spacial score (nSPS) is 10.9. The second kappa shape index (κ2) is 6.45. The molecule has 0 heterocycles. The molecule has 1 aromatic rings. The summed E-state index contributed by atoms with van der Waals surface area (Å²) >= 11 is 0. The van der Waals surface area contributed by atoms with E-state index >= 15 is 0 Å². The van der Waals surface area contributed by atoms with Gasteiger partial charge in [0.05, 0.1) is 0 Å². The van der Waals surface area contributed by atoms with Crippen LogP contribution in [0.25, 0.3) is 0 Å². The minimum absolute atomic E-state index is 0.281. The summed E-state index contributed by atoms with van der Waals surface area (Å²) in [6, 6.07) is 2.95. The molecule has 0 saturated heterocycles. The fourth-order valence-electron chi connectivity index (χ4n) is 1.61. The van der Waals surface area contributed by atoms with Crippen LogP contribution in [-0.2, 0) is 0 Å². The largest absolute Gasteiger partial charge is 0.489 e. The molecule has 0 spiro atoms. The van der Waals surface area contributed by atoms with E-state index < -0.39 is 5.82 Å². The average molecular weight is 240 g/mol. The van der Waals surface area contributed by atoms with Crippen molar-refractivity contribution in [1.29, 1.82) is 0 Å². The highest BCUT2D eigenvalue weighted by Gasteiger charge is 2.07. The summed E-state index contributed by atoms with van der Waals surface area (Å²) in [5, 5.41) is 0. The van der Waals surface area contributed by atoms with Crippen LogP contribution in [0, 0.1) is 12.7 Å². The molecule has 3 nitrogen and oxygen atoms in total. The predicted molar refractivity (Wildman–Crippen MR) is 68.8 cm³/mol. The molecule has 0 aliphatic carbocycles. The first-order chi connectivity index (χ1) is 8.08. The van der Waals surface area contributed by atoms with Gasteiger partial charge in [-0.2, -0.15) is 0 Å². The van der Waals surface area contributed by atoms with Gasteiger partial charge in [-0.3, -0.25) is 0 Å². The number of rotatable bonds is 6. The van der Waals surface area contributed by atoms with Crippen molar-refractivity contribution in [2.24, 2.45) is 0 Å². The van der Waals surface area contributed by atoms with Crippen molar-refractivity contribution in [2.45, 2.75) is 20.8 Å². The molecule has 0 amide bonds. The van der Waals surface area contributed by atoms with E-state index in [9.17, 15) is 4.39 Å². The third kappa shape index (κ3) is 3.89. The Labute approximate surface area is 102 Å². The highest BCUT2D eigenvalue weighted by Crippen LogP contribution is 2.23. The van der Waals surface area contributed by atoms with Crippen molar-refractivity contribution in [3.63, 3.8) is 0 Å². The number of aryl methyl sites for hydroxylation is 1. The van der Waals surface area contributed by atoms with E-state index in [0.717, 1.165) is 25.2 Å². The monoisotopic (exact) mass is 240 g/mol. The average Bonchev–Trinajstić information content (AvgIpc) is 2.31. The van der Waals surface area contributed by atoms with Gasteiger partial charge in [0.1, 0.15) is 6.61 Å². The van der Waals surface area contributed by atoms with Gasteiger partial charge in [-0.1, -0.05) is 13.8 Å². The summed E-state index contributed by atoms with van der Waals surface area (Å²) < 4.78 is 18.9. The molecule has 0 radical (unpaired) electrons. The van der Waals surface area contributed by atoms with Gasteiger partial charge in [-0.15, -0.1) is 0 Å². The van der Waals surface area contributed by atoms with Crippen LogP contribution in [0.5, 0.6) is 5.75 Å². The minimum Gasteiger partial charge on any atom is -0.489 e. The van der Waals surface area contributed by atoms with Crippen LogP contribution in [-0.4, -0.2) is 31.1 Å². The summed E-state index contributed by atoms with van der Waals surface area (Å²) in [6.45, 7) is 9.27. The Bertz CT molecular complexity index is 365. The van der Waals surface area contributed by atoms with Gasteiger partial charge in [0.15, 0.2) is 11.6 Å². The Balaban J connectivity index is 2.55. The van der Waals surface area contributed by atoms with Crippen molar-refractivity contribution in [3.05, 3.63) is 23.5 Å². The smallest absolute Gasteiger partial charge is 0.167 e. The fourth-order valence-corrected chi connectivity index (χ4v) is 1.61. The Morgan fingerprint density at radius 1 is 1.29 bits per heavy atom. The predicted octanol–water partition coefficient (Wildman–Crippen LogP) is 2.44. The molecule has 17 heavy (non-hydrogen) atoms. The molecule has 96 valence electrons. The summed E-state index contributed by atoms with van der Waals surface area (Å²) in [7, 11) is 0. The van der Waals surface area contributed by atoms with Crippen LogP contribution in [0.3, 0.4) is 0 Å². The lowest BCUT2D eigenvalue weighted by atomic mass is 10.2. The summed E-state index contributed by atoms with van der Waals surface area (Å²) in [5.74, 6) is -0.114. The number of likely N-dealkylation sites (N-methyl/N-ethyl adjacent to an activating group) is 1. The SMILES string of the molecule is CCN(CC)CCOc1cc(C)c(N)cc1F. The van der Waals surface area contributed by atoms with Crippen molar-refractivity contribution >= 4 is 5.69 Å². The molecular formula is C13H21FN2O. The van der Waals surface area contributed by atoms with Gasteiger partial charge >= 0.3 is 0 Å². The number of nitrogens with zero attached hydrogens (tertiary/aromatic N) is 1. The molecule has 0 saturated carbocycles. The Morgan fingerprint density at radius 3 is 2.53 bits per heavy atom. The van der Waals surface area contributed by atoms with E-state index in [4.69, 9.17) is 10.5 Å². The number of anilines is 1. The number of hydrogen-bond acceptors (Lipinski definition) is 3. The van der Waals surface area contributed by atoms with Crippen LogP contribution < -0.4 is 10.5 Å². The second-order valence-electron chi connectivity index (χ2n) is 4.01. The topological polar surface area (TPSA) is 38.5 Å². The van der Waals surface area contributed by atoms with Gasteiger partial charge in [0.25, 0.3) is 0 Å². The van der Waals surface area contributed by atoms with Gasteiger partial charge in [-0.25, -0.2) is 4.39 Å². The number of hydrogen-bond donors (Lipinski definition) is 1. The number of nitrogen functional groups attached to an aromatic ring is 1.